The van der Waals surface area contributed by atoms with Gasteiger partial charge in [-0.1, -0.05) is 0 Å². The largest absolute Gasteiger partial charge is 0.356 e. The Morgan fingerprint density at radius 2 is 2.12 bits per heavy atom. The maximum absolute atomic E-state index is 5.95. The SMILES string of the molecule is CSc1cc(N2CCC(C(C)N)CC2)ncn1. The van der Waals surface area contributed by atoms with Crippen LogP contribution in [-0.2, 0) is 0 Å². The predicted octanol–water partition coefficient (Wildman–Crippen LogP) is 1.76. The van der Waals surface area contributed by atoms with Gasteiger partial charge in [0.05, 0.1) is 0 Å². The lowest BCUT2D eigenvalue weighted by molar-refractivity contribution is 0.353. The molecule has 5 heteroatoms. The van der Waals surface area contributed by atoms with E-state index in [1.54, 1.807) is 18.1 Å². The normalized spacial score (nSPS) is 19.4. The predicted molar refractivity (Wildman–Crippen MR) is 72.4 cm³/mol. The van der Waals surface area contributed by atoms with Crippen molar-refractivity contribution in [2.75, 3.05) is 24.2 Å². The van der Waals surface area contributed by atoms with E-state index >= 15 is 0 Å². The minimum atomic E-state index is 0.310. The van der Waals surface area contributed by atoms with Gasteiger partial charge in [-0.15, -0.1) is 11.8 Å². The summed E-state index contributed by atoms with van der Waals surface area (Å²) in [5.41, 5.74) is 5.95. The van der Waals surface area contributed by atoms with Crippen LogP contribution in [0.5, 0.6) is 0 Å². The summed E-state index contributed by atoms with van der Waals surface area (Å²) < 4.78 is 0. The first-order chi connectivity index (χ1) is 8.20. The molecule has 1 fully saturated rings. The zero-order valence-corrected chi connectivity index (χ0v) is 11.3. The summed E-state index contributed by atoms with van der Waals surface area (Å²) in [6, 6.07) is 2.38. The average molecular weight is 252 g/mol. The van der Waals surface area contributed by atoms with Crippen LogP contribution in [-0.4, -0.2) is 35.4 Å². The minimum Gasteiger partial charge on any atom is -0.356 e. The van der Waals surface area contributed by atoms with E-state index in [2.05, 4.69) is 27.9 Å². The van der Waals surface area contributed by atoms with Gasteiger partial charge in [-0.05, 0) is 31.9 Å². The van der Waals surface area contributed by atoms with Crippen LogP contribution < -0.4 is 10.6 Å². The molecule has 1 aromatic rings. The van der Waals surface area contributed by atoms with Crippen LogP contribution in [0.1, 0.15) is 19.8 Å². The van der Waals surface area contributed by atoms with Crippen LogP contribution in [0.4, 0.5) is 5.82 Å². The number of aromatic nitrogens is 2. The lowest BCUT2D eigenvalue weighted by Crippen LogP contribution is -2.40. The van der Waals surface area contributed by atoms with Crippen LogP contribution in [0.3, 0.4) is 0 Å². The van der Waals surface area contributed by atoms with Gasteiger partial charge in [0, 0.05) is 25.2 Å². The number of anilines is 1. The number of rotatable bonds is 3. The van der Waals surface area contributed by atoms with E-state index in [1.807, 2.05) is 6.26 Å². The molecule has 1 aromatic heterocycles. The molecular weight excluding hydrogens is 232 g/mol. The Hall–Kier alpha value is -0.810. The van der Waals surface area contributed by atoms with E-state index in [-0.39, 0.29) is 0 Å². The van der Waals surface area contributed by atoms with Crippen molar-refractivity contribution in [3.63, 3.8) is 0 Å². The topological polar surface area (TPSA) is 55.0 Å². The molecule has 1 unspecified atom stereocenters. The average Bonchev–Trinajstić information content (AvgIpc) is 2.39. The monoisotopic (exact) mass is 252 g/mol. The van der Waals surface area contributed by atoms with Crippen LogP contribution in [0.2, 0.25) is 0 Å². The minimum absolute atomic E-state index is 0.310. The molecule has 17 heavy (non-hydrogen) atoms. The first-order valence-corrected chi connectivity index (χ1v) is 7.29. The van der Waals surface area contributed by atoms with Crippen molar-refractivity contribution in [1.82, 2.24) is 9.97 Å². The van der Waals surface area contributed by atoms with Gasteiger partial charge in [0.15, 0.2) is 0 Å². The summed E-state index contributed by atoms with van der Waals surface area (Å²) in [4.78, 5) is 10.9. The molecule has 2 heterocycles. The maximum atomic E-state index is 5.95. The van der Waals surface area contributed by atoms with Crippen molar-refractivity contribution in [2.24, 2.45) is 11.7 Å². The number of thioether (sulfide) groups is 1. The number of hydrogen-bond donors (Lipinski definition) is 1. The summed E-state index contributed by atoms with van der Waals surface area (Å²) in [5.74, 6) is 1.71. The summed E-state index contributed by atoms with van der Waals surface area (Å²) >= 11 is 1.65. The van der Waals surface area contributed by atoms with Crippen LogP contribution in [0.15, 0.2) is 17.4 Å². The molecule has 2 rings (SSSR count). The van der Waals surface area contributed by atoms with E-state index in [9.17, 15) is 0 Å². The molecule has 0 aliphatic carbocycles. The highest BCUT2D eigenvalue weighted by Crippen LogP contribution is 2.24. The molecule has 1 atom stereocenters. The van der Waals surface area contributed by atoms with Gasteiger partial charge in [-0.2, -0.15) is 0 Å². The van der Waals surface area contributed by atoms with Crippen molar-refractivity contribution in [1.29, 1.82) is 0 Å². The summed E-state index contributed by atoms with van der Waals surface area (Å²) in [5, 5.41) is 1.03. The molecule has 1 saturated heterocycles. The first kappa shape index (κ1) is 12.6. The van der Waals surface area contributed by atoms with Crippen molar-refractivity contribution >= 4 is 17.6 Å². The molecule has 0 spiro atoms. The van der Waals surface area contributed by atoms with Gasteiger partial charge in [0.1, 0.15) is 17.2 Å². The Bertz CT molecular complexity index is 361. The highest BCUT2D eigenvalue weighted by molar-refractivity contribution is 7.98. The van der Waals surface area contributed by atoms with Crippen LogP contribution >= 0.6 is 11.8 Å². The number of piperidine rings is 1. The van der Waals surface area contributed by atoms with E-state index in [0.717, 1.165) is 36.8 Å². The third kappa shape index (κ3) is 3.10. The molecule has 1 aliphatic heterocycles. The van der Waals surface area contributed by atoms with Gasteiger partial charge in [0.25, 0.3) is 0 Å². The first-order valence-electron chi connectivity index (χ1n) is 6.07. The Kier molecular flexibility index (Phi) is 4.23. The van der Waals surface area contributed by atoms with Crippen LogP contribution in [0, 0.1) is 5.92 Å². The van der Waals surface area contributed by atoms with E-state index < -0.39 is 0 Å². The zero-order chi connectivity index (χ0) is 12.3. The molecule has 4 nitrogen and oxygen atoms in total. The Labute approximate surface area is 107 Å². The maximum Gasteiger partial charge on any atom is 0.133 e. The molecule has 0 bridgehead atoms. The highest BCUT2D eigenvalue weighted by atomic mass is 32.2. The third-order valence-electron chi connectivity index (χ3n) is 3.44. The molecule has 94 valence electrons. The second kappa shape index (κ2) is 5.69. The molecule has 2 N–H and O–H groups in total. The standard InChI is InChI=1S/C12H20N4S/c1-9(13)10-3-5-16(6-4-10)11-7-12(17-2)15-8-14-11/h7-10H,3-6,13H2,1-2H3. The molecular formula is C12H20N4S. The van der Waals surface area contributed by atoms with E-state index in [0.29, 0.717) is 12.0 Å². The second-order valence-corrected chi connectivity index (χ2v) is 5.43. The summed E-state index contributed by atoms with van der Waals surface area (Å²) in [6.07, 6.45) is 6.01. The Balaban J connectivity index is 2.00. The Morgan fingerprint density at radius 1 is 1.41 bits per heavy atom. The lowest BCUT2D eigenvalue weighted by Gasteiger charge is -2.34. The number of hydrogen-bond acceptors (Lipinski definition) is 5. The number of nitrogens with zero attached hydrogens (tertiary/aromatic N) is 3. The van der Waals surface area contributed by atoms with Gasteiger partial charge in [0.2, 0.25) is 0 Å². The molecule has 0 radical (unpaired) electrons. The van der Waals surface area contributed by atoms with Crippen molar-refractivity contribution in [3.05, 3.63) is 12.4 Å². The van der Waals surface area contributed by atoms with E-state index in [4.69, 9.17) is 5.73 Å². The summed E-state index contributed by atoms with van der Waals surface area (Å²) in [6.45, 7) is 4.21. The molecule has 0 saturated carbocycles. The molecule has 0 aromatic carbocycles. The van der Waals surface area contributed by atoms with Gasteiger partial charge in [-0.25, -0.2) is 9.97 Å². The third-order valence-corrected chi connectivity index (χ3v) is 4.09. The second-order valence-electron chi connectivity index (χ2n) is 4.60. The quantitative estimate of drug-likeness (QED) is 0.656. The van der Waals surface area contributed by atoms with Crippen molar-refractivity contribution in [3.8, 4) is 0 Å². The fraction of sp³-hybridized carbons (Fsp3) is 0.667. The Morgan fingerprint density at radius 3 is 2.71 bits per heavy atom. The zero-order valence-electron chi connectivity index (χ0n) is 10.5. The van der Waals surface area contributed by atoms with E-state index in [1.165, 1.54) is 0 Å². The number of nitrogens with two attached hydrogens (primary N) is 1. The molecule has 1 aliphatic rings. The van der Waals surface area contributed by atoms with Crippen molar-refractivity contribution in [2.45, 2.75) is 30.8 Å². The fourth-order valence-electron chi connectivity index (χ4n) is 2.27. The van der Waals surface area contributed by atoms with Crippen molar-refractivity contribution < 1.29 is 0 Å². The fourth-order valence-corrected chi connectivity index (χ4v) is 2.64. The lowest BCUT2D eigenvalue weighted by atomic mass is 9.91. The van der Waals surface area contributed by atoms with Gasteiger partial charge in [-0.3, -0.25) is 0 Å². The van der Waals surface area contributed by atoms with Gasteiger partial charge < -0.3 is 10.6 Å². The smallest absolute Gasteiger partial charge is 0.133 e. The van der Waals surface area contributed by atoms with Gasteiger partial charge >= 0.3 is 0 Å². The summed E-state index contributed by atoms with van der Waals surface area (Å²) in [7, 11) is 0. The van der Waals surface area contributed by atoms with Crippen LogP contribution in [0.25, 0.3) is 0 Å². The highest BCUT2D eigenvalue weighted by Gasteiger charge is 2.22. The molecule has 0 amide bonds.